The Balaban J connectivity index is 0. The Morgan fingerprint density at radius 1 is 1.92 bits per heavy atom. The SMILES string of the molecule is C=CS(=O)[O-].NC(CS)C(=O)O. The fraction of sp³-hybridized carbons (Fsp3) is 0.400. The maximum absolute atomic E-state index is 9.76. The van der Waals surface area contributed by atoms with Crippen LogP contribution in [0.25, 0.3) is 0 Å². The van der Waals surface area contributed by atoms with Crippen molar-refractivity contribution in [3.05, 3.63) is 12.0 Å². The van der Waals surface area contributed by atoms with E-state index in [4.69, 9.17) is 10.8 Å². The fourth-order valence-electron chi connectivity index (χ4n) is 0.0781. The van der Waals surface area contributed by atoms with Gasteiger partial charge in [-0.1, -0.05) is 6.58 Å². The van der Waals surface area contributed by atoms with Crippen molar-refractivity contribution in [3.8, 4) is 0 Å². The molecule has 2 atom stereocenters. The quantitative estimate of drug-likeness (QED) is 0.425. The molecule has 0 aromatic rings. The average molecular weight is 212 g/mol. The minimum absolute atomic E-state index is 0.190. The first-order valence-corrected chi connectivity index (χ1v) is 4.52. The van der Waals surface area contributed by atoms with E-state index in [0.717, 1.165) is 5.41 Å². The van der Waals surface area contributed by atoms with Crippen LogP contribution < -0.4 is 5.73 Å². The van der Waals surface area contributed by atoms with Gasteiger partial charge in [0.25, 0.3) is 0 Å². The van der Waals surface area contributed by atoms with E-state index in [2.05, 4.69) is 19.2 Å². The summed E-state index contributed by atoms with van der Waals surface area (Å²) < 4.78 is 18.5. The normalized spacial score (nSPS) is 13.6. The van der Waals surface area contributed by atoms with Gasteiger partial charge in [-0.15, -0.1) is 0 Å². The highest BCUT2D eigenvalue weighted by atomic mass is 32.2. The van der Waals surface area contributed by atoms with Gasteiger partial charge in [0.2, 0.25) is 0 Å². The van der Waals surface area contributed by atoms with Crippen LogP contribution in [0, 0.1) is 0 Å². The molecule has 0 saturated heterocycles. The molecule has 0 aromatic heterocycles. The number of aliphatic carboxylic acids is 1. The molecule has 0 saturated carbocycles. The van der Waals surface area contributed by atoms with Gasteiger partial charge in [-0.25, -0.2) is 0 Å². The molecule has 0 amide bonds. The van der Waals surface area contributed by atoms with Gasteiger partial charge < -0.3 is 15.4 Å². The van der Waals surface area contributed by atoms with Crippen molar-refractivity contribution < 1.29 is 18.7 Å². The third-order valence-corrected chi connectivity index (χ3v) is 1.32. The highest BCUT2D eigenvalue weighted by Gasteiger charge is 2.06. The number of carbonyl (C=O) groups is 1. The van der Waals surface area contributed by atoms with Crippen LogP contribution >= 0.6 is 12.6 Å². The van der Waals surface area contributed by atoms with E-state index in [0.29, 0.717) is 0 Å². The summed E-state index contributed by atoms with van der Waals surface area (Å²) in [4.78, 5) is 9.76. The number of carboxylic acids is 1. The predicted molar refractivity (Wildman–Crippen MR) is 48.6 cm³/mol. The summed E-state index contributed by atoms with van der Waals surface area (Å²) in [7, 11) is 0. The van der Waals surface area contributed by atoms with Gasteiger partial charge in [0.15, 0.2) is 0 Å². The molecular weight excluding hydrogens is 202 g/mol. The van der Waals surface area contributed by atoms with Crippen molar-refractivity contribution in [2.75, 3.05) is 5.75 Å². The lowest BCUT2D eigenvalue weighted by Gasteiger charge is -1.96. The third-order valence-electron chi connectivity index (χ3n) is 0.650. The lowest BCUT2D eigenvalue weighted by atomic mass is 10.4. The van der Waals surface area contributed by atoms with Gasteiger partial charge in [0.05, 0.1) is 0 Å². The summed E-state index contributed by atoms with van der Waals surface area (Å²) in [6, 6.07) is -0.816. The molecule has 0 aliphatic heterocycles. The summed E-state index contributed by atoms with van der Waals surface area (Å²) in [5.41, 5.74) is 4.94. The average Bonchev–Trinajstić information content (AvgIpc) is 2.04. The van der Waals surface area contributed by atoms with Crippen LogP contribution in [0.2, 0.25) is 0 Å². The Kier molecular flexibility index (Phi) is 10.3. The van der Waals surface area contributed by atoms with E-state index >= 15 is 0 Å². The van der Waals surface area contributed by atoms with Crippen molar-refractivity contribution >= 4 is 29.7 Å². The van der Waals surface area contributed by atoms with E-state index in [9.17, 15) is 13.6 Å². The van der Waals surface area contributed by atoms with Crippen molar-refractivity contribution in [1.82, 2.24) is 0 Å². The molecule has 0 radical (unpaired) electrons. The smallest absolute Gasteiger partial charge is 0.321 e. The Labute approximate surface area is 78.3 Å². The maximum atomic E-state index is 9.76. The molecule has 12 heavy (non-hydrogen) atoms. The van der Waals surface area contributed by atoms with E-state index in [-0.39, 0.29) is 5.75 Å². The molecule has 5 nitrogen and oxygen atoms in total. The molecule has 0 fully saturated rings. The lowest BCUT2D eigenvalue weighted by molar-refractivity contribution is -0.137. The number of thiol groups is 1. The minimum Gasteiger partial charge on any atom is -0.769 e. The number of nitrogens with two attached hydrogens (primary N) is 1. The summed E-state index contributed by atoms with van der Waals surface area (Å²) >= 11 is 1.59. The van der Waals surface area contributed by atoms with Gasteiger partial charge in [-0.2, -0.15) is 12.6 Å². The molecule has 0 aliphatic carbocycles. The zero-order chi connectivity index (χ0) is 10.1. The highest BCUT2D eigenvalue weighted by Crippen LogP contribution is 1.80. The molecule has 3 N–H and O–H groups in total. The fourth-order valence-corrected chi connectivity index (χ4v) is 0.234. The van der Waals surface area contributed by atoms with E-state index in [1.165, 1.54) is 0 Å². The number of carboxylic acid groups (broad SMARTS) is 1. The molecule has 0 aliphatic rings. The van der Waals surface area contributed by atoms with Gasteiger partial charge in [-0.05, 0) is 16.5 Å². The predicted octanol–water partition coefficient (Wildman–Crippen LogP) is -0.663. The molecular formula is C5H10NO4S2-. The number of hydrogen-bond donors (Lipinski definition) is 3. The third kappa shape index (κ3) is 12.3. The zero-order valence-electron chi connectivity index (χ0n) is 6.17. The lowest BCUT2D eigenvalue weighted by Crippen LogP contribution is -2.31. The largest absolute Gasteiger partial charge is 0.769 e. The van der Waals surface area contributed by atoms with Crippen LogP contribution in [0.5, 0.6) is 0 Å². The van der Waals surface area contributed by atoms with Crippen LogP contribution in [0.1, 0.15) is 0 Å². The van der Waals surface area contributed by atoms with Gasteiger partial charge in [0.1, 0.15) is 6.04 Å². The topological polar surface area (TPSA) is 103 Å². The molecule has 0 bridgehead atoms. The van der Waals surface area contributed by atoms with Crippen LogP contribution in [-0.2, 0) is 15.9 Å². The van der Waals surface area contributed by atoms with Crippen molar-refractivity contribution in [3.63, 3.8) is 0 Å². The van der Waals surface area contributed by atoms with Crippen LogP contribution in [0.15, 0.2) is 12.0 Å². The van der Waals surface area contributed by atoms with Crippen LogP contribution in [-0.4, -0.2) is 31.6 Å². The van der Waals surface area contributed by atoms with Crippen molar-refractivity contribution in [2.24, 2.45) is 5.73 Å². The first-order chi connectivity index (χ1) is 5.45. The second kappa shape index (κ2) is 8.72. The zero-order valence-corrected chi connectivity index (χ0v) is 7.88. The number of rotatable bonds is 3. The number of hydrogen-bond acceptors (Lipinski definition) is 5. The second-order valence-electron chi connectivity index (χ2n) is 1.55. The molecule has 0 spiro atoms. The highest BCUT2D eigenvalue weighted by molar-refractivity contribution is 7.82. The first-order valence-electron chi connectivity index (χ1n) is 2.75. The van der Waals surface area contributed by atoms with Crippen molar-refractivity contribution in [1.29, 1.82) is 0 Å². The summed E-state index contributed by atoms with van der Waals surface area (Å²) in [5.74, 6) is -0.815. The molecule has 2 unspecified atom stereocenters. The maximum Gasteiger partial charge on any atom is 0.321 e. The molecule has 7 heteroatoms. The van der Waals surface area contributed by atoms with E-state index in [1.54, 1.807) is 0 Å². The minimum atomic E-state index is -2.06. The van der Waals surface area contributed by atoms with Crippen LogP contribution in [0.3, 0.4) is 0 Å². The molecule has 0 rings (SSSR count). The second-order valence-corrected chi connectivity index (χ2v) is 2.77. The summed E-state index contributed by atoms with van der Waals surface area (Å²) in [6.07, 6.45) is 0. The Morgan fingerprint density at radius 3 is 2.25 bits per heavy atom. The monoisotopic (exact) mass is 212 g/mol. The van der Waals surface area contributed by atoms with Gasteiger partial charge in [-0.3, -0.25) is 9.00 Å². The van der Waals surface area contributed by atoms with Gasteiger partial charge >= 0.3 is 5.97 Å². The standard InChI is InChI=1S/C3H7NO2S.C2H4O2S/c4-2(1-7)3(5)6;1-2-5(3)4/h2,7H,1,4H2,(H,5,6);2H,1H2,(H,3,4)/p-1. The van der Waals surface area contributed by atoms with E-state index in [1.807, 2.05) is 0 Å². The molecule has 0 heterocycles. The Hall–Kier alpha value is -0.370. The van der Waals surface area contributed by atoms with E-state index < -0.39 is 23.1 Å². The van der Waals surface area contributed by atoms with Gasteiger partial charge in [0, 0.05) is 5.75 Å². The van der Waals surface area contributed by atoms with Crippen LogP contribution in [0.4, 0.5) is 0 Å². The first kappa shape index (κ1) is 14.2. The Morgan fingerprint density at radius 2 is 2.25 bits per heavy atom. The summed E-state index contributed by atoms with van der Waals surface area (Å²) in [6.45, 7) is 2.95. The Bertz CT molecular complexity index is 173. The molecule has 72 valence electrons. The molecule has 0 aromatic carbocycles. The van der Waals surface area contributed by atoms with Crippen molar-refractivity contribution in [2.45, 2.75) is 6.04 Å². The summed E-state index contributed by atoms with van der Waals surface area (Å²) in [5, 5.41) is 8.84.